The summed E-state index contributed by atoms with van der Waals surface area (Å²) in [6.07, 6.45) is 0. The fraction of sp³-hybridized carbons (Fsp3) is 0.200. The third kappa shape index (κ3) is 3.69. The van der Waals surface area contributed by atoms with Gasteiger partial charge in [0.15, 0.2) is 0 Å². The zero-order chi connectivity index (χ0) is 22.8. The average molecular weight is 437 g/mol. The number of benzene rings is 2. The largest absolute Gasteiger partial charge is 0.497 e. The van der Waals surface area contributed by atoms with E-state index in [0.29, 0.717) is 40.0 Å². The van der Waals surface area contributed by atoms with Crippen LogP contribution in [0.1, 0.15) is 18.5 Å². The Morgan fingerprint density at radius 3 is 2.59 bits per heavy atom. The Kier molecular flexibility index (Phi) is 5.41. The minimum Gasteiger partial charge on any atom is -0.497 e. The summed E-state index contributed by atoms with van der Waals surface area (Å²) >= 11 is 0. The van der Waals surface area contributed by atoms with Gasteiger partial charge in [-0.15, -0.1) is 0 Å². The summed E-state index contributed by atoms with van der Waals surface area (Å²) in [7, 11) is 3.02. The first-order valence-electron chi connectivity index (χ1n) is 9.46. The lowest BCUT2D eigenvalue weighted by Crippen LogP contribution is -2.31. The molecule has 1 amide bonds. The molecule has 1 aliphatic rings. The third-order valence-electron chi connectivity index (χ3n) is 5.03. The van der Waals surface area contributed by atoms with Gasteiger partial charge in [-0.25, -0.2) is 0 Å². The lowest BCUT2D eigenvalue weighted by Gasteiger charge is -2.28. The number of carbonyl (C=O) groups excluding carboxylic acids is 1. The second kappa shape index (κ2) is 8.34. The topological polar surface area (TPSA) is 146 Å². The number of amides is 1. The van der Waals surface area contributed by atoms with Crippen LogP contribution in [0.5, 0.6) is 11.5 Å². The van der Waals surface area contributed by atoms with E-state index < -0.39 is 16.9 Å². The van der Waals surface area contributed by atoms with Gasteiger partial charge in [-0.3, -0.25) is 14.9 Å². The highest BCUT2D eigenvalue weighted by atomic mass is 16.6. The third-order valence-corrected chi connectivity index (χ3v) is 5.03. The maximum atomic E-state index is 13.4. The molecule has 3 aromatic rings. The van der Waals surface area contributed by atoms with E-state index in [1.807, 2.05) is 0 Å². The summed E-state index contributed by atoms with van der Waals surface area (Å²) in [6.45, 7) is 1.73. The van der Waals surface area contributed by atoms with Crippen molar-refractivity contribution < 1.29 is 19.2 Å². The van der Waals surface area contributed by atoms with Crippen LogP contribution in [0.3, 0.4) is 0 Å². The summed E-state index contributed by atoms with van der Waals surface area (Å²) in [6, 6.07) is 10.2. The van der Waals surface area contributed by atoms with E-state index in [1.54, 1.807) is 37.3 Å². The van der Waals surface area contributed by atoms with Crippen molar-refractivity contribution >= 4 is 23.2 Å². The van der Waals surface area contributed by atoms with Crippen molar-refractivity contribution in [1.29, 1.82) is 0 Å². The Balaban J connectivity index is 1.75. The van der Waals surface area contributed by atoms with Crippen LogP contribution in [-0.4, -0.2) is 45.3 Å². The molecular weight excluding hydrogens is 418 g/mol. The van der Waals surface area contributed by atoms with Crippen LogP contribution in [0.2, 0.25) is 0 Å². The number of non-ortho nitro benzene ring substituents is 1. The average Bonchev–Trinajstić information content (AvgIpc) is 3.26. The number of nitro groups is 1. The predicted octanol–water partition coefficient (Wildman–Crippen LogP) is 2.53. The molecule has 12 heteroatoms. The quantitative estimate of drug-likeness (QED) is 0.438. The van der Waals surface area contributed by atoms with E-state index in [9.17, 15) is 14.9 Å². The summed E-state index contributed by atoms with van der Waals surface area (Å²) in [4.78, 5) is 24.0. The Hall–Kier alpha value is -4.48. The van der Waals surface area contributed by atoms with Crippen molar-refractivity contribution in [3.05, 3.63) is 69.4 Å². The highest BCUT2D eigenvalue weighted by Gasteiger charge is 2.34. The molecule has 4 rings (SSSR count). The smallest absolute Gasteiger partial charge is 0.269 e. The Labute approximate surface area is 182 Å². The molecule has 2 aromatic carbocycles. The molecule has 0 saturated carbocycles. The predicted molar refractivity (Wildman–Crippen MR) is 114 cm³/mol. The summed E-state index contributed by atoms with van der Waals surface area (Å²) in [5.41, 5.74) is 1.83. The number of nitrogens with zero attached hydrogens (tertiary/aromatic N) is 5. The fourth-order valence-electron chi connectivity index (χ4n) is 3.49. The van der Waals surface area contributed by atoms with Crippen molar-refractivity contribution in [2.24, 2.45) is 0 Å². The SMILES string of the molecule is COc1ccc(OC)c(NC(=O)C2=C(C)Nc3nnnn3[C@H]2c2ccc([N+](=O)[O-])cc2)c1. The van der Waals surface area contributed by atoms with Gasteiger partial charge in [-0.05, 0) is 47.2 Å². The number of anilines is 2. The van der Waals surface area contributed by atoms with E-state index in [-0.39, 0.29) is 5.69 Å². The molecule has 32 heavy (non-hydrogen) atoms. The van der Waals surface area contributed by atoms with Gasteiger partial charge in [-0.1, -0.05) is 5.10 Å². The number of nitrogens with one attached hydrogen (secondary N) is 2. The number of ether oxygens (including phenoxy) is 2. The second-order valence-electron chi connectivity index (χ2n) is 6.88. The van der Waals surface area contributed by atoms with E-state index in [1.165, 1.54) is 31.0 Å². The number of methoxy groups -OCH3 is 2. The minimum absolute atomic E-state index is 0.0626. The van der Waals surface area contributed by atoms with E-state index >= 15 is 0 Å². The molecule has 0 unspecified atom stereocenters. The second-order valence-corrected chi connectivity index (χ2v) is 6.88. The maximum Gasteiger partial charge on any atom is 0.269 e. The van der Waals surface area contributed by atoms with Gasteiger partial charge >= 0.3 is 0 Å². The van der Waals surface area contributed by atoms with Crippen molar-refractivity contribution in [3.63, 3.8) is 0 Å². The van der Waals surface area contributed by atoms with Crippen molar-refractivity contribution in [1.82, 2.24) is 20.2 Å². The monoisotopic (exact) mass is 437 g/mol. The van der Waals surface area contributed by atoms with E-state index in [2.05, 4.69) is 26.2 Å². The summed E-state index contributed by atoms with van der Waals surface area (Å²) in [5, 5.41) is 28.6. The molecular formula is C20H19N7O5. The fourth-order valence-corrected chi connectivity index (χ4v) is 3.49. The molecule has 1 atom stereocenters. The maximum absolute atomic E-state index is 13.4. The number of nitro benzene ring substituents is 1. The van der Waals surface area contributed by atoms with Crippen LogP contribution in [0.4, 0.5) is 17.3 Å². The molecule has 2 heterocycles. The number of hydrogen-bond acceptors (Lipinski definition) is 9. The molecule has 164 valence electrons. The number of tetrazole rings is 1. The molecule has 0 aliphatic carbocycles. The van der Waals surface area contributed by atoms with Crippen LogP contribution in [0.25, 0.3) is 0 Å². The molecule has 0 spiro atoms. The molecule has 0 saturated heterocycles. The van der Waals surface area contributed by atoms with Gasteiger partial charge in [0.05, 0.1) is 30.4 Å². The summed E-state index contributed by atoms with van der Waals surface area (Å²) in [5.74, 6) is 0.923. The standard InChI is InChI=1S/C20H19N7O5/c1-11-17(19(28)22-15-10-14(31-2)8-9-16(15)32-3)18(26-20(21-11)23-24-25-26)12-4-6-13(7-5-12)27(29)30/h4-10,18H,1-3H3,(H,22,28)(H,21,23,25)/t18-/m0/s1. The lowest BCUT2D eigenvalue weighted by molar-refractivity contribution is -0.384. The van der Waals surface area contributed by atoms with Gasteiger partial charge in [0, 0.05) is 23.9 Å². The first-order valence-corrected chi connectivity index (χ1v) is 9.46. The van der Waals surface area contributed by atoms with Crippen LogP contribution in [-0.2, 0) is 4.79 Å². The first kappa shape index (κ1) is 20.8. The molecule has 0 bridgehead atoms. The van der Waals surface area contributed by atoms with Gasteiger partial charge in [0.1, 0.15) is 17.5 Å². The molecule has 12 nitrogen and oxygen atoms in total. The van der Waals surface area contributed by atoms with Crippen LogP contribution >= 0.6 is 0 Å². The molecule has 2 N–H and O–H groups in total. The molecule has 1 aliphatic heterocycles. The Morgan fingerprint density at radius 1 is 1.19 bits per heavy atom. The normalized spacial score (nSPS) is 14.9. The number of hydrogen-bond donors (Lipinski definition) is 2. The number of rotatable bonds is 6. The molecule has 0 radical (unpaired) electrons. The van der Waals surface area contributed by atoms with E-state index in [4.69, 9.17) is 9.47 Å². The van der Waals surface area contributed by atoms with Crippen molar-refractivity contribution in [2.75, 3.05) is 24.9 Å². The highest BCUT2D eigenvalue weighted by molar-refractivity contribution is 6.06. The van der Waals surface area contributed by atoms with Gasteiger partial charge in [0.25, 0.3) is 11.6 Å². The van der Waals surface area contributed by atoms with Crippen molar-refractivity contribution in [3.8, 4) is 11.5 Å². The lowest BCUT2D eigenvalue weighted by atomic mass is 9.95. The molecule has 0 fully saturated rings. The van der Waals surface area contributed by atoms with Crippen LogP contribution < -0.4 is 20.1 Å². The van der Waals surface area contributed by atoms with Crippen LogP contribution in [0, 0.1) is 10.1 Å². The minimum atomic E-state index is -0.710. The van der Waals surface area contributed by atoms with E-state index in [0.717, 1.165) is 0 Å². The first-order chi connectivity index (χ1) is 15.4. The number of allylic oxidation sites excluding steroid dienone is 1. The van der Waals surface area contributed by atoms with Crippen molar-refractivity contribution in [2.45, 2.75) is 13.0 Å². The zero-order valence-electron chi connectivity index (χ0n) is 17.4. The Bertz CT molecular complexity index is 1220. The molecule has 1 aromatic heterocycles. The number of carbonyl (C=O) groups is 1. The highest BCUT2D eigenvalue weighted by Crippen LogP contribution is 2.36. The summed E-state index contributed by atoms with van der Waals surface area (Å²) < 4.78 is 12.0. The number of aromatic nitrogens is 4. The van der Waals surface area contributed by atoms with Gasteiger partial charge in [0.2, 0.25) is 5.95 Å². The van der Waals surface area contributed by atoms with Gasteiger partial charge < -0.3 is 20.1 Å². The zero-order valence-corrected chi connectivity index (χ0v) is 17.4. The van der Waals surface area contributed by atoms with Crippen LogP contribution in [0.15, 0.2) is 53.7 Å². The number of fused-ring (bicyclic) bond motifs is 1. The van der Waals surface area contributed by atoms with Gasteiger partial charge in [-0.2, -0.15) is 4.68 Å². The Morgan fingerprint density at radius 2 is 1.94 bits per heavy atom.